The third-order valence-corrected chi connectivity index (χ3v) is 2.39. The molecule has 0 unspecified atom stereocenters. The Hall–Kier alpha value is -2.09. The molecule has 6 nitrogen and oxygen atoms in total. The summed E-state index contributed by atoms with van der Waals surface area (Å²) in [7, 11) is 0. The van der Waals surface area contributed by atoms with E-state index in [0.717, 1.165) is 4.90 Å². The van der Waals surface area contributed by atoms with Crippen molar-refractivity contribution in [3.63, 3.8) is 0 Å². The normalized spacial score (nSPS) is 10.5. The fourth-order valence-corrected chi connectivity index (χ4v) is 1.47. The Morgan fingerprint density at radius 1 is 1.37 bits per heavy atom. The average molecular weight is 274 g/mol. The van der Waals surface area contributed by atoms with Gasteiger partial charge >= 0.3 is 6.43 Å². The van der Waals surface area contributed by atoms with Crippen molar-refractivity contribution in [2.24, 2.45) is 0 Å². The number of hydrogen-bond acceptors (Lipinski definition) is 4. The zero-order chi connectivity index (χ0) is 14.4. The average Bonchev–Trinajstić information content (AvgIpc) is 2.37. The maximum atomic E-state index is 12.3. The van der Waals surface area contributed by atoms with E-state index in [9.17, 15) is 23.7 Å². The molecule has 0 spiro atoms. The van der Waals surface area contributed by atoms with Crippen molar-refractivity contribution in [1.29, 1.82) is 0 Å². The molecule has 8 heteroatoms. The number of amides is 1. The predicted molar refractivity (Wildman–Crippen MR) is 61.6 cm³/mol. The Balaban J connectivity index is 2.79. The molecule has 0 bridgehead atoms. The third kappa shape index (κ3) is 4.25. The van der Waals surface area contributed by atoms with Crippen LogP contribution in [0, 0.1) is 10.1 Å². The summed E-state index contributed by atoms with van der Waals surface area (Å²) in [5.74, 6) is -1.38. The van der Waals surface area contributed by atoms with E-state index in [2.05, 4.69) is 0 Å². The predicted octanol–water partition coefficient (Wildman–Crippen LogP) is 1.18. The highest BCUT2D eigenvalue weighted by molar-refractivity contribution is 5.79. The standard InChI is InChI=1S/C11H12F2N2O4/c12-10(13)11(17)14(5-6-16)7-8-1-3-9(4-2-8)15(18)19/h1-4,10,16H,5-7H2. The minimum absolute atomic E-state index is 0.127. The molecule has 19 heavy (non-hydrogen) atoms. The number of carbonyl (C=O) groups is 1. The molecule has 1 rings (SSSR count). The summed E-state index contributed by atoms with van der Waals surface area (Å²) in [5.41, 5.74) is 0.339. The van der Waals surface area contributed by atoms with Crippen LogP contribution in [0.25, 0.3) is 0 Å². The third-order valence-electron chi connectivity index (χ3n) is 2.39. The number of carbonyl (C=O) groups excluding carboxylic acids is 1. The highest BCUT2D eigenvalue weighted by Crippen LogP contribution is 2.14. The minimum Gasteiger partial charge on any atom is -0.395 e. The van der Waals surface area contributed by atoms with E-state index in [1.54, 1.807) is 0 Å². The number of hydrogen-bond donors (Lipinski definition) is 1. The van der Waals surface area contributed by atoms with Gasteiger partial charge in [0.1, 0.15) is 0 Å². The summed E-state index contributed by atoms with van der Waals surface area (Å²) in [6.45, 7) is -0.798. The molecule has 0 saturated carbocycles. The molecule has 0 aliphatic heterocycles. The van der Waals surface area contributed by atoms with Gasteiger partial charge in [0.05, 0.1) is 11.5 Å². The molecule has 0 fully saturated rings. The summed E-state index contributed by atoms with van der Waals surface area (Å²) in [5, 5.41) is 19.2. The van der Waals surface area contributed by atoms with Crippen LogP contribution in [0.3, 0.4) is 0 Å². The van der Waals surface area contributed by atoms with Gasteiger partial charge in [0, 0.05) is 25.2 Å². The van der Waals surface area contributed by atoms with Gasteiger partial charge in [-0.2, -0.15) is 8.78 Å². The van der Waals surface area contributed by atoms with Crippen molar-refractivity contribution in [3.05, 3.63) is 39.9 Å². The lowest BCUT2D eigenvalue weighted by Crippen LogP contribution is -2.37. The maximum Gasteiger partial charge on any atom is 0.315 e. The zero-order valence-electron chi connectivity index (χ0n) is 9.83. The highest BCUT2D eigenvalue weighted by atomic mass is 19.3. The first-order valence-corrected chi connectivity index (χ1v) is 5.37. The van der Waals surface area contributed by atoms with Crippen LogP contribution in [0.1, 0.15) is 5.56 Å². The fourth-order valence-electron chi connectivity index (χ4n) is 1.47. The van der Waals surface area contributed by atoms with E-state index in [1.807, 2.05) is 0 Å². The van der Waals surface area contributed by atoms with Crippen molar-refractivity contribution in [2.75, 3.05) is 13.2 Å². The molecule has 104 valence electrons. The Morgan fingerprint density at radius 2 is 1.95 bits per heavy atom. The van der Waals surface area contributed by atoms with E-state index in [-0.39, 0.29) is 18.8 Å². The van der Waals surface area contributed by atoms with Gasteiger partial charge in [-0.05, 0) is 5.56 Å². The molecule has 0 aromatic heterocycles. The Bertz CT molecular complexity index is 451. The number of nitrogens with zero attached hydrogens (tertiary/aromatic N) is 2. The van der Waals surface area contributed by atoms with Crippen LogP contribution in [-0.2, 0) is 11.3 Å². The molecule has 1 amide bonds. The molecular weight excluding hydrogens is 262 g/mol. The van der Waals surface area contributed by atoms with Crippen LogP contribution in [0.15, 0.2) is 24.3 Å². The molecule has 0 saturated heterocycles. The van der Waals surface area contributed by atoms with Gasteiger partial charge in [0.25, 0.3) is 11.6 Å². The van der Waals surface area contributed by atoms with Gasteiger partial charge in [-0.25, -0.2) is 0 Å². The van der Waals surface area contributed by atoms with Crippen molar-refractivity contribution in [3.8, 4) is 0 Å². The number of nitro groups is 1. The number of benzene rings is 1. The van der Waals surface area contributed by atoms with Crippen LogP contribution >= 0.6 is 0 Å². The molecule has 0 aliphatic carbocycles. The minimum atomic E-state index is -3.15. The molecule has 0 atom stereocenters. The molecule has 0 heterocycles. The fraction of sp³-hybridized carbons (Fsp3) is 0.364. The van der Waals surface area contributed by atoms with Crippen molar-refractivity contribution in [1.82, 2.24) is 4.90 Å². The SMILES string of the molecule is O=C(C(F)F)N(CCO)Cc1ccc([N+](=O)[O-])cc1. The smallest absolute Gasteiger partial charge is 0.315 e. The number of rotatable bonds is 6. The Kier molecular flexibility index (Phi) is 5.31. The first kappa shape index (κ1) is 15.0. The summed E-state index contributed by atoms with van der Waals surface area (Å²) in [6, 6.07) is 5.20. The van der Waals surface area contributed by atoms with Crippen LogP contribution < -0.4 is 0 Å². The van der Waals surface area contributed by atoms with Crippen LogP contribution in [0.5, 0.6) is 0 Å². The number of alkyl halides is 2. The molecule has 1 aromatic carbocycles. The summed E-state index contributed by atoms with van der Waals surface area (Å²) in [6.07, 6.45) is -3.15. The maximum absolute atomic E-state index is 12.3. The lowest BCUT2D eigenvalue weighted by atomic mass is 10.2. The topological polar surface area (TPSA) is 83.7 Å². The van der Waals surface area contributed by atoms with E-state index < -0.39 is 23.9 Å². The number of nitro benzene ring substituents is 1. The van der Waals surface area contributed by atoms with Gasteiger partial charge in [-0.3, -0.25) is 14.9 Å². The second kappa shape index (κ2) is 6.74. The molecule has 0 aliphatic rings. The molecular formula is C11H12F2N2O4. The summed E-state index contributed by atoms with van der Waals surface area (Å²) >= 11 is 0. The van der Waals surface area contributed by atoms with Crippen molar-refractivity contribution >= 4 is 11.6 Å². The van der Waals surface area contributed by atoms with Gasteiger partial charge in [0.15, 0.2) is 0 Å². The second-order valence-corrected chi connectivity index (χ2v) is 3.71. The van der Waals surface area contributed by atoms with Gasteiger partial charge in [-0.1, -0.05) is 12.1 Å². The van der Waals surface area contributed by atoms with Crippen molar-refractivity contribution < 1.29 is 23.6 Å². The van der Waals surface area contributed by atoms with E-state index in [1.165, 1.54) is 24.3 Å². The lowest BCUT2D eigenvalue weighted by Gasteiger charge is -2.21. The van der Waals surface area contributed by atoms with Gasteiger partial charge in [-0.15, -0.1) is 0 Å². The molecule has 0 radical (unpaired) electrons. The summed E-state index contributed by atoms with van der Waals surface area (Å²) in [4.78, 5) is 21.8. The monoisotopic (exact) mass is 274 g/mol. The van der Waals surface area contributed by atoms with Crippen molar-refractivity contribution in [2.45, 2.75) is 13.0 Å². The zero-order valence-corrected chi connectivity index (χ0v) is 9.83. The highest BCUT2D eigenvalue weighted by Gasteiger charge is 2.23. The van der Waals surface area contributed by atoms with Crippen LogP contribution in [0.2, 0.25) is 0 Å². The number of aliphatic hydroxyl groups is 1. The number of halogens is 2. The number of non-ortho nitro benzene ring substituents is 1. The van der Waals surface area contributed by atoms with Gasteiger partial charge in [0.2, 0.25) is 0 Å². The first-order valence-electron chi connectivity index (χ1n) is 5.37. The van der Waals surface area contributed by atoms with Crippen LogP contribution in [0.4, 0.5) is 14.5 Å². The first-order chi connectivity index (χ1) is 8.95. The second-order valence-electron chi connectivity index (χ2n) is 3.71. The largest absolute Gasteiger partial charge is 0.395 e. The van der Waals surface area contributed by atoms with E-state index in [4.69, 9.17) is 5.11 Å². The Morgan fingerprint density at radius 3 is 2.37 bits per heavy atom. The quantitative estimate of drug-likeness (QED) is 0.623. The number of aliphatic hydroxyl groups excluding tert-OH is 1. The van der Waals surface area contributed by atoms with Crippen LogP contribution in [-0.4, -0.2) is 40.4 Å². The summed E-state index contributed by atoms with van der Waals surface area (Å²) < 4.78 is 24.6. The molecule has 1 aromatic rings. The Labute approximate surface area is 107 Å². The lowest BCUT2D eigenvalue weighted by molar-refractivity contribution is -0.384. The molecule has 1 N–H and O–H groups in total. The van der Waals surface area contributed by atoms with Gasteiger partial charge < -0.3 is 10.0 Å². The van der Waals surface area contributed by atoms with E-state index in [0.29, 0.717) is 5.56 Å². The van der Waals surface area contributed by atoms with E-state index >= 15 is 0 Å².